The molecule has 0 aliphatic carbocycles. The van der Waals surface area contributed by atoms with Crippen molar-refractivity contribution in [3.05, 3.63) is 47.8 Å². The van der Waals surface area contributed by atoms with E-state index in [9.17, 15) is 0 Å². The second-order valence-corrected chi connectivity index (χ2v) is 4.62. The highest BCUT2D eigenvalue weighted by molar-refractivity contribution is 5.29. The maximum atomic E-state index is 5.45. The zero-order valence-electron chi connectivity index (χ0n) is 11.7. The lowest BCUT2D eigenvalue weighted by molar-refractivity contribution is 0.340. The van der Waals surface area contributed by atoms with E-state index in [2.05, 4.69) is 41.5 Å². The molecule has 0 radical (unpaired) electrons. The third-order valence-corrected chi connectivity index (χ3v) is 3.18. The van der Waals surface area contributed by atoms with Crippen LogP contribution in [0.4, 0.5) is 0 Å². The summed E-state index contributed by atoms with van der Waals surface area (Å²) in [5.74, 6) is 0.917. The standard InChI is InChI=1S/C15H21N3O/c1-4-19-14-7-5-13(6-8-14)11(2)17-12(3)15-9-10-16-18-15/h5-12,17H,4H2,1-3H3,(H,16,18). The Kier molecular flexibility index (Phi) is 4.58. The fraction of sp³-hybridized carbons (Fsp3) is 0.400. The zero-order chi connectivity index (χ0) is 13.7. The van der Waals surface area contributed by atoms with Crippen molar-refractivity contribution < 1.29 is 4.74 Å². The molecule has 0 bridgehead atoms. The van der Waals surface area contributed by atoms with Crippen LogP contribution in [0.25, 0.3) is 0 Å². The lowest BCUT2D eigenvalue weighted by Crippen LogP contribution is -2.22. The molecule has 102 valence electrons. The molecule has 1 aromatic carbocycles. The predicted molar refractivity (Wildman–Crippen MR) is 76.2 cm³/mol. The van der Waals surface area contributed by atoms with Gasteiger partial charge in [-0.25, -0.2) is 0 Å². The summed E-state index contributed by atoms with van der Waals surface area (Å²) in [4.78, 5) is 0. The summed E-state index contributed by atoms with van der Waals surface area (Å²) < 4.78 is 5.45. The Morgan fingerprint density at radius 2 is 1.89 bits per heavy atom. The lowest BCUT2D eigenvalue weighted by atomic mass is 10.1. The number of hydrogen-bond donors (Lipinski definition) is 2. The SMILES string of the molecule is CCOc1ccc(C(C)NC(C)c2ccn[nH]2)cc1. The summed E-state index contributed by atoms with van der Waals surface area (Å²) in [7, 11) is 0. The van der Waals surface area contributed by atoms with E-state index in [0.717, 1.165) is 11.4 Å². The fourth-order valence-corrected chi connectivity index (χ4v) is 2.09. The minimum Gasteiger partial charge on any atom is -0.494 e. The summed E-state index contributed by atoms with van der Waals surface area (Å²) in [6, 6.07) is 10.7. The fourth-order valence-electron chi connectivity index (χ4n) is 2.09. The number of aromatic nitrogens is 2. The smallest absolute Gasteiger partial charge is 0.119 e. The summed E-state index contributed by atoms with van der Waals surface area (Å²) in [5, 5.41) is 10.5. The molecule has 0 spiro atoms. The molecule has 2 aromatic rings. The Morgan fingerprint density at radius 1 is 1.16 bits per heavy atom. The van der Waals surface area contributed by atoms with Crippen molar-refractivity contribution in [3.63, 3.8) is 0 Å². The molecule has 2 unspecified atom stereocenters. The van der Waals surface area contributed by atoms with E-state index in [1.807, 2.05) is 25.1 Å². The predicted octanol–water partition coefficient (Wildman–Crippen LogP) is 3.22. The first-order valence-corrected chi connectivity index (χ1v) is 6.68. The van der Waals surface area contributed by atoms with E-state index >= 15 is 0 Å². The number of aromatic amines is 1. The minimum absolute atomic E-state index is 0.240. The van der Waals surface area contributed by atoms with Crippen LogP contribution in [0.5, 0.6) is 5.75 Å². The van der Waals surface area contributed by atoms with Gasteiger partial charge in [0.2, 0.25) is 0 Å². The summed E-state index contributed by atoms with van der Waals surface area (Å²) >= 11 is 0. The maximum absolute atomic E-state index is 5.45. The van der Waals surface area contributed by atoms with Crippen LogP contribution >= 0.6 is 0 Å². The minimum atomic E-state index is 0.240. The second-order valence-electron chi connectivity index (χ2n) is 4.62. The van der Waals surface area contributed by atoms with Gasteiger partial charge >= 0.3 is 0 Å². The number of nitrogens with one attached hydrogen (secondary N) is 2. The van der Waals surface area contributed by atoms with Crippen LogP contribution in [-0.2, 0) is 0 Å². The van der Waals surface area contributed by atoms with E-state index in [0.29, 0.717) is 6.61 Å². The van der Waals surface area contributed by atoms with Crippen LogP contribution in [0, 0.1) is 0 Å². The quantitative estimate of drug-likeness (QED) is 0.837. The molecule has 4 heteroatoms. The highest BCUT2D eigenvalue weighted by Crippen LogP contribution is 2.20. The van der Waals surface area contributed by atoms with Crippen LogP contribution in [0.2, 0.25) is 0 Å². The first-order valence-electron chi connectivity index (χ1n) is 6.68. The molecule has 0 saturated heterocycles. The van der Waals surface area contributed by atoms with Crippen molar-refractivity contribution in [2.75, 3.05) is 6.61 Å². The zero-order valence-corrected chi connectivity index (χ0v) is 11.7. The number of H-pyrrole nitrogens is 1. The Hall–Kier alpha value is -1.81. The van der Waals surface area contributed by atoms with Crippen molar-refractivity contribution in [2.24, 2.45) is 0 Å². The number of nitrogens with zero attached hydrogens (tertiary/aromatic N) is 1. The van der Waals surface area contributed by atoms with E-state index in [-0.39, 0.29) is 12.1 Å². The van der Waals surface area contributed by atoms with Gasteiger partial charge in [-0.15, -0.1) is 0 Å². The first kappa shape index (κ1) is 13.6. The van der Waals surface area contributed by atoms with Gasteiger partial charge in [-0.2, -0.15) is 5.10 Å². The van der Waals surface area contributed by atoms with Crippen molar-refractivity contribution >= 4 is 0 Å². The first-order chi connectivity index (χ1) is 9.20. The molecule has 19 heavy (non-hydrogen) atoms. The van der Waals surface area contributed by atoms with Gasteiger partial charge in [0.1, 0.15) is 5.75 Å². The van der Waals surface area contributed by atoms with Gasteiger partial charge in [-0.3, -0.25) is 5.10 Å². The third-order valence-electron chi connectivity index (χ3n) is 3.18. The second kappa shape index (κ2) is 6.38. The largest absolute Gasteiger partial charge is 0.494 e. The molecule has 1 aromatic heterocycles. The number of rotatable bonds is 6. The molecule has 0 aliphatic rings. The highest BCUT2D eigenvalue weighted by atomic mass is 16.5. The van der Waals surface area contributed by atoms with Gasteiger partial charge in [0, 0.05) is 18.3 Å². The Morgan fingerprint density at radius 3 is 2.47 bits per heavy atom. The maximum Gasteiger partial charge on any atom is 0.119 e. The van der Waals surface area contributed by atoms with E-state index in [1.165, 1.54) is 5.56 Å². The van der Waals surface area contributed by atoms with E-state index in [4.69, 9.17) is 4.74 Å². The number of hydrogen-bond acceptors (Lipinski definition) is 3. The van der Waals surface area contributed by atoms with Gasteiger partial charge < -0.3 is 10.1 Å². The average Bonchev–Trinajstić information content (AvgIpc) is 2.94. The normalized spacial score (nSPS) is 14.1. The molecule has 0 fully saturated rings. The monoisotopic (exact) mass is 259 g/mol. The Labute approximate surface area is 114 Å². The van der Waals surface area contributed by atoms with Gasteiger partial charge in [-0.1, -0.05) is 12.1 Å². The Bertz CT molecular complexity index is 479. The number of benzene rings is 1. The molecule has 0 amide bonds. The molecule has 1 heterocycles. The van der Waals surface area contributed by atoms with Crippen LogP contribution in [0.15, 0.2) is 36.5 Å². The molecular weight excluding hydrogens is 238 g/mol. The van der Waals surface area contributed by atoms with Gasteiger partial charge in [-0.05, 0) is 44.5 Å². The molecule has 0 saturated carbocycles. The van der Waals surface area contributed by atoms with Crippen molar-refractivity contribution in [1.82, 2.24) is 15.5 Å². The van der Waals surface area contributed by atoms with Gasteiger partial charge in [0.15, 0.2) is 0 Å². The molecular formula is C15H21N3O. The van der Waals surface area contributed by atoms with Crippen LogP contribution in [0.3, 0.4) is 0 Å². The van der Waals surface area contributed by atoms with Crippen LogP contribution < -0.4 is 10.1 Å². The molecule has 0 aliphatic heterocycles. The average molecular weight is 259 g/mol. The summed E-state index contributed by atoms with van der Waals surface area (Å²) in [6.45, 7) is 6.97. The van der Waals surface area contributed by atoms with Crippen LogP contribution in [0.1, 0.15) is 44.1 Å². The van der Waals surface area contributed by atoms with Crippen molar-refractivity contribution in [3.8, 4) is 5.75 Å². The van der Waals surface area contributed by atoms with Crippen molar-refractivity contribution in [2.45, 2.75) is 32.9 Å². The Balaban J connectivity index is 1.97. The van der Waals surface area contributed by atoms with E-state index in [1.54, 1.807) is 6.20 Å². The lowest BCUT2D eigenvalue weighted by Gasteiger charge is -2.19. The topological polar surface area (TPSA) is 49.9 Å². The molecule has 2 N–H and O–H groups in total. The van der Waals surface area contributed by atoms with Crippen molar-refractivity contribution in [1.29, 1.82) is 0 Å². The highest BCUT2D eigenvalue weighted by Gasteiger charge is 2.11. The summed E-state index contributed by atoms with van der Waals surface area (Å²) in [6.07, 6.45) is 1.77. The molecule has 2 rings (SSSR count). The van der Waals surface area contributed by atoms with Gasteiger partial charge in [0.25, 0.3) is 0 Å². The van der Waals surface area contributed by atoms with Gasteiger partial charge in [0.05, 0.1) is 12.3 Å². The summed E-state index contributed by atoms with van der Waals surface area (Å²) in [5.41, 5.74) is 2.34. The molecule has 4 nitrogen and oxygen atoms in total. The molecule has 2 atom stereocenters. The third kappa shape index (κ3) is 3.58. The van der Waals surface area contributed by atoms with E-state index < -0.39 is 0 Å². The van der Waals surface area contributed by atoms with Crippen LogP contribution in [-0.4, -0.2) is 16.8 Å². The number of ether oxygens (including phenoxy) is 1.